The number of hydrogen-bond acceptors (Lipinski definition) is 3. The van der Waals surface area contributed by atoms with Crippen LogP contribution in [0.4, 0.5) is 0 Å². The van der Waals surface area contributed by atoms with Crippen LogP contribution in [0.3, 0.4) is 0 Å². The summed E-state index contributed by atoms with van der Waals surface area (Å²) in [6, 6.07) is 12.4. The fourth-order valence-electron chi connectivity index (χ4n) is 1.92. The van der Waals surface area contributed by atoms with Crippen LogP contribution in [0.2, 0.25) is 10.0 Å². The third-order valence-corrected chi connectivity index (χ3v) is 3.58. The molecule has 0 spiro atoms. The Balaban J connectivity index is 2.29. The molecule has 0 saturated heterocycles. The fraction of sp³-hybridized carbons (Fsp3) is 0.125. The van der Waals surface area contributed by atoms with E-state index < -0.39 is 17.9 Å². The van der Waals surface area contributed by atoms with Crippen molar-refractivity contribution in [2.45, 2.75) is 6.04 Å². The van der Waals surface area contributed by atoms with Crippen molar-refractivity contribution in [2.24, 2.45) is 0 Å². The number of amides is 1. The van der Waals surface area contributed by atoms with E-state index in [2.05, 4.69) is 5.32 Å². The number of nitrogens with one attached hydrogen (secondary N) is 1. The van der Waals surface area contributed by atoms with Gasteiger partial charge in [0.15, 0.2) is 6.04 Å². The molecule has 1 N–H and O–H groups in total. The van der Waals surface area contributed by atoms with Crippen LogP contribution in [0, 0.1) is 0 Å². The predicted octanol–water partition coefficient (Wildman–Crippen LogP) is 3.64. The smallest absolute Gasteiger partial charge is 0.333 e. The van der Waals surface area contributed by atoms with Crippen LogP contribution in [0.15, 0.2) is 48.5 Å². The molecular formula is C16H13Cl2NO3. The van der Waals surface area contributed by atoms with Gasteiger partial charge in [0.25, 0.3) is 5.91 Å². The zero-order valence-corrected chi connectivity index (χ0v) is 13.2. The van der Waals surface area contributed by atoms with Crippen LogP contribution in [-0.2, 0) is 9.53 Å². The number of hydrogen-bond donors (Lipinski definition) is 1. The Kier molecular flexibility index (Phi) is 5.41. The van der Waals surface area contributed by atoms with Gasteiger partial charge in [-0.2, -0.15) is 0 Å². The third-order valence-electron chi connectivity index (χ3n) is 3.02. The molecule has 0 radical (unpaired) electrons. The van der Waals surface area contributed by atoms with E-state index in [0.29, 0.717) is 10.6 Å². The van der Waals surface area contributed by atoms with Gasteiger partial charge in [-0.05, 0) is 23.8 Å². The lowest BCUT2D eigenvalue weighted by Gasteiger charge is -2.17. The van der Waals surface area contributed by atoms with Crippen molar-refractivity contribution in [1.29, 1.82) is 0 Å². The summed E-state index contributed by atoms with van der Waals surface area (Å²) in [7, 11) is 1.26. The molecule has 114 valence electrons. The van der Waals surface area contributed by atoms with Gasteiger partial charge in [-0.3, -0.25) is 4.79 Å². The van der Waals surface area contributed by atoms with E-state index in [1.54, 1.807) is 30.3 Å². The maximum atomic E-state index is 12.4. The normalized spacial score (nSPS) is 11.6. The molecule has 1 amide bonds. The van der Waals surface area contributed by atoms with E-state index in [-0.39, 0.29) is 10.6 Å². The number of carbonyl (C=O) groups excluding carboxylic acids is 2. The summed E-state index contributed by atoms with van der Waals surface area (Å²) >= 11 is 11.9. The van der Waals surface area contributed by atoms with Gasteiger partial charge in [-0.1, -0.05) is 53.5 Å². The summed E-state index contributed by atoms with van der Waals surface area (Å²) in [5.41, 5.74) is 0.805. The molecule has 6 heteroatoms. The average molecular weight is 338 g/mol. The fourth-order valence-corrected chi connectivity index (χ4v) is 2.30. The zero-order valence-electron chi connectivity index (χ0n) is 11.7. The Bertz CT molecular complexity index is 689. The highest BCUT2D eigenvalue weighted by Gasteiger charge is 2.24. The van der Waals surface area contributed by atoms with E-state index in [1.165, 1.54) is 19.2 Å². The summed E-state index contributed by atoms with van der Waals surface area (Å²) in [4.78, 5) is 24.3. The Labute approximate surface area is 138 Å². The molecule has 0 aliphatic rings. The molecule has 1 atom stereocenters. The molecule has 1 unspecified atom stereocenters. The largest absolute Gasteiger partial charge is 0.467 e. The minimum Gasteiger partial charge on any atom is -0.467 e. The minimum absolute atomic E-state index is 0.194. The van der Waals surface area contributed by atoms with E-state index >= 15 is 0 Å². The van der Waals surface area contributed by atoms with Gasteiger partial charge in [-0.25, -0.2) is 4.79 Å². The topological polar surface area (TPSA) is 55.4 Å². The maximum Gasteiger partial charge on any atom is 0.333 e. The first-order valence-electron chi connectivity index (χ1n) is 6.41. The number of halogens is 2. The Morgan fingerprint density at radius 2 is 1.77 bits per heavy atom. The minimum atomic E-state index is -0.922. The van der Waals surface area contributed by atoms with Crippen LogP contribution in [0.1, 0.15) is 22.0 Å². The molecule has 22 heavy (non-hydrogen) atoms. The summed E-state index contributed by atoms with van der Waals surface area (Å²) in [6.07, 6.45) is 0. The van der Waals surface area contributed by atoms with Gasteiger partial charge in [0.05, 0.1) is 17.7 Å². The number of rotatable bonds is 4. The third kappa shape index (κ3) is 3.78. The van der Waals surface area contributed by atoms with E-state index in [1.807, 2.05) is 6.07 Å². The molecule has 0 heterocycles. The van der Waals surface area contributed by atoms with E-state index in [0.717, 1.165) is 0 Å². The average Bonchev–Trinajstić information content (AvgIpc) is 2.54. The highest BCUT2D eigenvalue weighted by atomic mass is 35.5. The lowest BCUT2D eigenvalue weighted by atomic mass is 10.1. The highest BCUT2D eigenvalue weighted by Crippen LogP contribution is 2.22. The summed E-state index contributed by atoms with van der Waals surface area (Å²) in [6.45, 7) is 0. The molecule has 0 aromatic heterocycles. The summed E-state index contributed by atoms with van der Waals surface area (Å²) in [5, 5.41) is 3.24. The van der Waals surface area contributed by atoms with Gasteiger partial charge >= 0.3 is 5.97 Å². The van der Waals surface area contributed by atoms with E-state index in [4.69, 9.17) is 27.9 Å². The molecular weight excluding hydrogens is 325 g/mol. The van der Waals surface area contributed by atoms with Crippen molar-refractivity contribution >= 4 is 35.1 Å². The Morgan fingerprint density at radius 3 is 2.41 bits per heavy atom. The number of esters is 1. The number of ether oxygens (including phenoxy) is 1. The summed E-state index contributed by atoms with van der Waals surface area (Å²) < 4.78 is 4.74. The Hall–Kier alpha value is -2.04. The number of benzene rings is 2. The standard InChI is InChI=1S/C16H13Cl2NO3/c1-22-16(21)14(10-5-3-2-4-6-10)19-15(20)12-9-11(17)7-8-13(12)18/h2-9,14H,1H3,(H,19,20). The second kappa shape index (κ2) is 7.29. The van der Waals surface area contributed by atoms with Crippen LogP contribution in [-0.4, -0.2) is 19.0 Å². The quantitative estimate of drug-likeness (QED) is 0.866. The molecule has 4 nitrogen and oxygen atoms in total. The van der Waals surface area contributed by atoms with Crippen LogP contribution >= 0.6 is 23.2 Å². The van der Waals surface area contributed by atoms with Gasteiger partial charge in [-0.15, -0.1) is 0 Å². The van der Waals surface area contributed by atoms with Crippen molar-refractivity contribution in [2.75, 3.05) is 7.11 Å². The Morgan fingerprint density at radius 1 is 1.09 bits per heavy atom. The van der Waals surface area contributed by atoms with Crippen molar-refractivity contribution in [3.63, 3.8) is 0 Å². The van der Waals surface area contributed by atoms with Crippen molar-refractivity contribution in [3.05, 3.63) is 69.7 Å². The second-order valence-electron chi connectivity index (χ2n) is 4.46. The lowest BCUT2D eigenvalue weighted by molar-refractivity contribution is -0.143. The van der Waals surface area contributed by atoms with Gasteiger partial charge in [0.2, 0.25) is 0 Å². The molecule has 0 bridgehead atoms. The van der Waals surface area contributed by atoms with Crippen LogP contribution < -0.4 is 5.32 Å². The second-order valence-corrected chi connectivity index (χ2v) is 5.31. The SMILES string of the molecule is COC(=O)C(NC(=O)c1cc(Cl)ccc1Cl)c1ccccc1. The van der Waals surface area contributed by atoms with Gasteiger partial charge in [0, 0.05) is 5.02 Å². The molecule has 0 aliphatic carbocycles. The van der Waals surface area contributed by atoms with Crippen molar-refractivity contribution in [1.82, 2.24) is 5.32 Å². The first-order valence-corrected chi connectivity index (χ1v) is 7.17. The first kappa shape index (κ1) is 16.3. The molecule has 2 aromatic rings. The number of methoxy groups -OCH3 is 1. The summed E-state index contributed by atoms with van der Waals surface area (Å²) in [5.74, 6) is -1.08. The van der Waals surface area contributed by atoms with Crippen molar-refractivity contribution in [3.8, 4) is 0 Å². The van der Waals surface area contributed by atoms with Crippen molar-refractivity contribution < 1.29 is 14.3 Å². The monoisotopic (exact) mass is 337 g/mol. The molecule has 2 aromatic carbocycles. The van der Waals surface area contributed by atoms with Gasteiger partial charge < -0.3 is 10.1 Å². The molecule has 2 rings (SSSR count). The lowest BCUT2D eigenvalue weighted by Crippen LogP contribution is -2.34. The van der Waals surface area contributed by atoms with E-state index in [9.17, 15) is 9.59 Å². The molecule has 0 fully saturated rings. The first-order chi connectivity index (χ1) is 10.5. The van der Waals surface area contributed by atoms with Gasteiger partial charge in [0.1, 0.15) is 0 Å². The highest BCUT2D eigenvalue weighted by molar-refractivity contribution is 6.35. The maximum absolute atomic E-state index is 12.4. The zero-order chi connectivity index (χ0) is 16.1. The van der Waals surface area contributed by atoms with Crippen LogP contribution in [0.5, 0.6) is 0 Å². The number of carbonyl (C=O) groups is 2. The molecule has 0 saturated carbocycles. The molecule has 0 aliphatic heterocycles. The predicted molar refractivity (Wildman–Crippen MR) is 85.1 cm³/mol. The van der Waals surface area contributed by atoms with Crippen LogP contribution in [0.25, 0.3) is 0 Å².